The second-order valence-corrected chi connectivity index (χ2v) is 9.33. The van der Waals surface area contributed by atoms with Crippen LogP contribution in [0, 0.1) is 6.92 Å². The lowest BCUT2D eigenvalue weighted by molar-refractivity contribution is 0.0407. The van der Waals surface area contributed by atoms with Gasteiger partial charge >= 0.3 is 0 Å². The molecule has 0 saturated carbocycles. The van der Waals surface area contributed by atoms with Crippen LogP contribution in [0.25, 0.3) is 0 Å². The molecule has 0 aliphatic rings. The van der Waals surface area contributed by atoms with Crippen molar-refractivity contribution in [3.05, 3.63) is 95.1 Å². The van der Waals surface area contributed by atoms with Crippen molar-refractivity contribution in [1.29, 1.82) is 0 Å². The summed E-state index contributed by atoms with van der Waals surface area (Å²) in [5.74, 6) is -1.07. The van der Waals surface area contributed by atoms with E-state index in [9.17, 15) is 23.4 Å². The van der Waals surface area contributed by atoms with Crippen molar-refractivity contribution < 1.29 is 28.2 Å². The van der Waals surface area contributed by atoms with E-state index in [1.165, 1.54) is 43.5 Å². The SMILES string of the molecule is COc1ccc(C(O)(CS(=O)(=O)c2ccc(C)cc2)C(=O)c2ccc(CO)cc2)cc1. The molecular weight excluding hydrogens is 416 g/mol. The average molecular weight is 441 g/mol. The number of carbonyl (C=O) groups is 1. The Hall–Kier alpha value is -3.00. The van der Waals surface area contributed by atoms with Crippen molar-refractivity contribution in [3.63, 3.8) is 0 Å². The zero-order valence-electron chi connectivity index (χ0n) is 17.3. The first-order valence-corrected chi connectivity index (χ1v) is 11.3. The van der Waals surface area contributed by atoms with Crippen LogP contribution in [0.15, 0.2) is 77.7 Å². The Kier molecular flexibility index (Phi) is 6.59. The van der Waals surface area contributed by atoms with Crippen molar-refractivity contribution >= 4 is 15.6 Å². The van der Waals surface area contributed by atoms with Crippen LogP contribution in [-0.2, 0) is 22.0 Å². The molecular formula is C24H24O6S. The average Bonchev–Trinajstić information content (AvgIpc) is 2.78. The molecule has 0 heterocycles. The monoisotopic (exact) mass is 440 g/mol. The minimum Gasteiger partial charge on any atom is -0.497 e. The summed E-state index contributed by atoms with van der Waals surface area (Å²) in [6, 6.07) is 18.3. The molecule has 0 aliphatic heterocycles. The molecule has 1 atom stereocenters. The number of hydrogen-bond acceptors (Lipinski definition) is 6. The summed E-state index contributed by atoms with van der Waals surface area (Å²) >= 11 is 0. The van der Waals surface area contributed by atoms with Crippen LogP contribution in [0.1, 0.15) is 27.0 Å². The largest absolute Gasteiger partial charge is 0.497 e. The highest BCUT2D eigenvalue weighted by atomic mass is 32.2. The normalized spacial score (nSPS) is 13.4. The van der Waals surface area contributed by atoms with Gasteiger partial charge in [0.25, 0.3) is 0 Å². The van der Waals surface area contributed by atoms with Crippen LogP contribution >= 0.6 is 0 Å². The quantitative estimate of drug-likeness (QED) is 0.522. The van der Waals surface area contributed by atoms with E-state index in [-0.39, 0.29) is 22.6 Å². The number of aliphatic hydroxyl groups excluding tert-OH is 1. The number of benzene rings is 3. The van der Waals surface area contributed by atoms with E-state index >= 15 is 0 Å². The van der Waals surface area contributed by atoms with Crippen LogP contribution in [0.4, 0.5) is 0 Å². The van der Waals surface area contributed by atoms with Gasteiger partial charge in [-0.05, 0) is 42.3 Å². The van der Waals surface area contributed by atoms with Gasteiger partial charge in [-0.25, -0.2) is 8.42 Å². The van der Waals surface area contributed by atoms with Crippen LogP contribution in [-0.4, -0.2) is 37.3 Å². The van der Waals surface area contributed by atoms with E-state index in [4.69, 9.17) is 4.74 Å². The molecule has 0 spiro atoms. The van der Waals surface area contributed by atoms with Crippen molar-refractivity contribution in [3.8, 4) is 5.75 Å². The lowest BCUT2D eigenvalue weighted by Crippen LogP contribution is -2.42. The van der Waals surface area contributed by atoms with Gasteiger partial charge in [0.05, 0.1) is 24.4 Å². The van der Waals surface area contributed by atoms with Gasteiger partial charge in [0.1, 0.15) is 5.75 Å². The van der Waals surface area contributed by atoms with E-state index < -0.39 is 27.0 Å². The second-order valence-electron chi connectivity index (χ2n) is 7.35. The summed E-state index contributed by atoms with van der Waals surface area (Å²) in [4.78, 5) is 13.4. The van der Waals surface area contributed by atoms with Gasteiger partial charge in [0.2, 0.25) is 0 Å². The number of aryl methyl sites for hydroxylation is 1. The Morgan fingerprint density at radius 1 is 0.935 bits per heavy atom. The predicted octanol–water partition coefficient (Wildman–Crippen LogP) is 3.04. The third-order valence-electron chi connectivity index (χ3n) is 5.12. The van der Waals surface area contributed by atoms with Gasteiger partial charge in [-0.2, -0.15) is 0 Å². The molecule has 0 saturated heterocycles. The summed E-state index contributed by atoms with van der Waals surface area (Å²) in [7, 11) is -2.52. The highest BCUT2D eigenvalue weighted by Gasteiger charge is 2.43. The maximum Gasteiger partial charge on any atom is 0.199 e. The molecule has 3 aromatic rings. The zero-order valence-corrected chi connectivity index (χ0v) is 18.1. The fourth-order valence-electron chi connectivity index (χ4n) is 3.25. The van der Waals surface area contributed by atoms with Gasteiger partial charge < -0.3 is 14.9 Å². The molecule has 0 aliphatic carbocycles. The summed E-state index contributed by atoms with van der Waals surface area (Å²) in [6.07, 6.45) is 0. The topological polar surface area (TPSA) is 101 Å². The number of methoxy groups -OCH3 is 1. The van der Waals surface area contributed by atoms with Gasteiger partial charge in [-0.1, -0.05) is 54.1 Å². The Morgan fingerprint density at radius 3 is 2.03 bits per heavy atom. The van der Waals surface area contributed by atoms with Gasteiger partial charge in [0.15, 0.2) is 21.2 Å². The number of ether oxygens (including phenoxy) is 1. The molecule has 3 rings (SSSR count). The van der Waals surface area contributed by atoms with E-state index in [1.807, 2.05) is 6.92 Å². The van der Waals surface area contributed by atoms with Crippen molar-refractivity contribution in [2.75, 3.05) is 12.9 Å². The lowest BCUT2D eigenvalue weighted by atomic mass is 9.87. The van der Waals surface area contributed by atoms with Crippen LogP contribution < -0.4 is 4.74 Å². The lowest BCUT2D eigenvalue weighted by Gasteiger charge is -2.27. The summed E-state index contributed by atoms with van der Waals surface area (Å²) in [6.45, 7) is 1.64. The summed E-state index contributed by atoms with van der Waals surface area (Å²) in [5, 5.41) is 20.8. The molecule has 3 aromatic carbocycles. The molecule has 162 valence electrons. The maximum atomic E-state index is 13.4. The predicted molar refractivity (Wildman–Crippen MR) is 117 cm³/mol. The molecule has 0 fully saturated rings. The Balaban J connectivity index is 2.08. The Labute approximate surface area is 181 Å². The van der Waals surface area contributed by atoms with Crippen LogP contribution in [0.5, 0.6) is 5.75 Å². The van der Waals surface area contributed by atoms with E-state index in [0.717, 1.165) is 5.56 Å². The maximum absolute atomic E-state index is 13.4. The van der Waals surface area contributed by atoms with Crippen molar-refractivity contribution in [2.45, 2.75) is 24.0 Å². The molecule has 7 heteroatoms. The fraction of sp³-hybridized carbons (Fsp3) is 0.208. The number of hydrogen-bond donors (Lipinski definition) is 2. The zero-order chi connectivity index (χ0) is 22.6. The molecule has 0 amide bonds. The number of Topliss-reactive ketones (excluding diaryl/α,β-unsaturated/α-hetero) is 1. The molecule has 1 unspecified atom stereocenters. The summed E-state index contributed by atoms with van der Waals surface area (Å²) in [5.41, 5.74) is -0.562. The first-order chi connectivity index (χ1) is 14.7. The number of carbonyl (C=O) groups excluding carboxylic acids is 1. The van der Waals surface area contributed by atoms with Gasteiger partial charge in [-0.15, -0.1) is 0 Å². The molecule has 0 bridgehead atoms. The fourth-order valence-corrected chi connectivity index (χ4v) is 4.82. The smallest absolute Gasteiger partial charge is 0.199 e. The third-order valence-corrected chi connectivity index (χ3v) is 6.91. The molecule has 0 aromatic heterocycles. The Morgan fingerprint density at radius 2 is 1.52 bits per heavy atom. The highest BCUT2D eigenvalue weighted by molar-refractivity contribution is 7.91. The number of aliphatic hydroxyl groups is 2. The number of rotatable bonds is 8. The molecule has 0 radical (unpaired) electrons. The molecule has 31 heavy (non-hydrogen) atoms. The van der Waals surface area contributed by atoms with Crippen molar-refractivity contribution in [1.82, 2.24) is 0 Å². The minimum absolute atomic E-state index is 0.0217. The van der Waals surface area contributed by atoms with Crippen LogP contribution in [0.3, 0.4) is 0 Å². The second kappa shape index (κ2) is 9.01. The van der Waals surface area contributed by atoms with E-state index in [0.29, 0.717) is 11.3 Å². The molecule has 6 nitrogen and oxygen atoms in total. The van der Waals surface area contributed by atoms with Gasteiger partial charge in [-0.3, -0.25) is 4.79 Å². The minimum atomic E-state index is -4.01. The van der Waals surface area contributed by atoms with Gasteiger partial charge in [0, 0.05) is 5.56 Å². The molecule has 2 N–H and O–H groups in total. The highest BCUT2D eigenvalue weighted by Crippen LogP contribution is 2.31. The number of sulfone groups is 1. The standard InChI is InChI=1S/C24H24O6S/c1-17-3-13-22(14-4-17)31(28,29)16-24(27,20-9-11-21(30-2)12-10-20)23(26)19-7-5-18(15-25)6-8-19/h3-14,25,27H,15-16H2,1-2H3. The first kappa shape index (κ1) is 22.7. The number of ketones is 1. The van der Waals surface area contributed by atoms with E-state index in [2.05, 4.69) is 0 Å². The van der Waals surface area contributed by atoms with Crippen LogP contribution in [0.2, 0.25) is 0 Å². The first-order valence-electron chi connectivity index (χ1n) is 9.60. The Bertz CT molecular complexity index is 1150. The third kappa shape index (κ3) is 4.85. The van der Waals surface area contributed by atoms with Crippen molar-refractivity contribution in [2.24, 2.45) is 0 Å². The van der Waals surface area contributed by atoms with E-state index in [1.54, 1.807) is 36.4 Å². The summed E-state index contributed by atoms with van der Waals surface area (Å²) < 4.78 is 31.4.